The molecule has 128 valence electrons. The van der Waals surface area contributed by atoms with Crippen LogP contribution in [0.1, 0.15) is 60.3 Å². The molecule has 0 amide bonds. The Morgan fingerprint density at radius 1 is 1.10 bits per heavy atom. The van der Waals surface area contributed by atoms with Crippen LogP contribution in [-0.2, 0) is 10.8 Å². The van der Waals surface area contributed by atoms with Gasteiger partial charge in [0.25, 0.3) is 0 Å². The Balaban J connectivity index is 0. The Morgan fingerprint density at radius 3 is 2.29 bits per heavy atom. The lowest BCUT2D eigenvalue weighted by molar-refractivity contribution is 0.646. The van der Waals surface area contributed by atoms with Crippen LogP contribution in [0.4, 0.5) is 0 Å². The van der Waals surface area contributed by atoms with Crippen LogP contribution in [-0.4, -0.2) is 40.3 Å². The number of hydrogen-bond donors (Lipinski definition) is 2. The first-order valence-electron chi connectivity index (χ1n) is 7.82. The van der Waals surface area contributed by atoms with Gasteiger partial charge < -0.3 is 10.6 Å². The molecule has 0 bridgehead atoms. The van der Waals surface area contributed by atoms with E-state index in [1.807, 2.05) is 20.8 Å². The Hall–Kier alpha value is 0.150. The van der Waals surface area contributed by atoms with Gasteiger partial charge in [-0.25, -0.2) is 0 Å². The number of aliphatic imine (C=N–C) groups is 1. The van der Waals surface area contributed by atoms with E-state index in [0.717, 1.165) is 25.5 Å². The molecule has 0 aromatic carbocycles. The van der Waals surface area contributed by atoms with E-state index in [9.17, 15) is 4.21 Å². The maximum atomic E-state index is 11.9. The molecule has 0 saturated heterocycles. The van der Waals surface area contributed by atoms with Gasteiger partial charge in [0, 0.05) is 40.9 Å². The summed E-state index contributed by atoms with van der Waals surface area (Å²) in [5, 5.41) is 6.49. The predicted molar refractivity (Wildman–Crippen MR) is 106 cm³/mol. The maximum Gasteiger partial charge on any atom is 0.191 e. The fraction of sp³-hybridized carbons (Fsp3) is 0.933. The van der Waals surface area contributed by atoms with Crippen molar-refractivity contribution in [2.24, 2.45) is 4.99 Å². The summed E-state index contributed by atoms with van der Waals surface area (Å²) in [5.41, 5.74) is 0. The fourth-order valence-corrected chi connectivity index (χ4v) is 2.54. The van der Waals surface area contributed by atoms with Crippen molar-refractivity contribution >= 4 is 40.7 Å². The highest BCUT2D eigenvalue weighted by Crippen LogP contribution is 2.10. The molecule has 0 aliphatic rings. The SMILES string of the molecule is CCCCCCN=C(NCC)NCCS(=O)C(C)(C)C.I. The summed E-state index contributed by atoms with van der Waals surface area (Å²) in [6, 6.07) is 0. The Labute approximate surface area is 150 Å². The normalized spacial score (nSPS) is 13.5. The summed E-state index contributed by atoms with van der Waals surface area (Å²) >= 11 is 0. The van der Waals surface area contributed by atoms with Crippen molar-refractivity contribution in [1.82, 2.24) is 10.6 Å². The highest BCUT2D eigenvalue weighted by Gasteiger charge is 2.18. The Kier molecular flexibility index (Phi) is 15.4. The van der Waals surface area contributed by atoms with Crippen molar-refractivity contribution in [3.8, 4) is 0 Å². The van der Waals surface area contributed by atoms with E-state index >= 15 is 0 Å². The molecule has 1 atom stereocenters. The topological polar surface area (TPSA) is 53.5 Å². The van der Waals surface area contributed by atoms with E-state index in [4.69, 9.17) is 0 Å². The second-order valence-corrected chi connectivity index (χ2v) is 8.23. The minimum absolute atomic E-state index is 0. The third-order valence-corrected chi connectivity index (χ3v) is 4.83. The quantitative estimate of drug-likeness (QED) is 0.255. The second kappa shape index (κ2) is 13.8. The zero-order valence-corrected chi connectivity index (χ0v) is 17.5. The molecule has 6 heteroatoms. The first-order valence-corrected chi connectivity index (χ1v) is 9.14. The number of guanidine groups is 1. The zero-order valence-electron chi connectivity index (χ0n) is 14.3. The van der Waals surface area contributed by atoms with Crippen molar-refractivity contribution in [2.45, 2.75) is 65.0 Å². The van der Waals surface area contributed by atoms with Gasteiger partial charge in [-0.05, 0) is 34.1 Å². The molecule has 0 aromatic rings. The van der Waals surface area contributed by atoms with Gasteiger partial charge in [0.05, 0.1) is 0 Å². The molecule has 0 aliphatic heterocycles. The van der Waals surface area contributed by atoms with E-state index in [0.29, 0.717) is 12.3 Å². The molecule has 0 saturated carbocycles. The predicted octanol–water partition coefficient (Wildman–Crippen LogP) is 3.29. The van der Waals surface area contributed by atoms with Gasteiger partial charge in [0.15, 0.2) is 5.96 Å². The summed E-state index contributed by atoms with van der Waals surface area (Å²) in [6.45, 7) is 12.7. The molecule has 0 rings (SSSR count). The molecule has 0 radical (unpaired) electrons. The second-order valence-electron chi connectivity index (χ2n) is 5.91. The third kappa shape index (κ3) is 13.5. The molecular weight excluding hydrogens is 397 g/mol. The molecular formula is C15H34IN3OS. The number of unbranched alkanes of at least 4 members (excludes halogenated alkanes) is 3. The lowest BCUT2D eigenvalue weighted by Crippen LogP contribution is -2.40. The van der Waals surface area contributed by atoms with Crippen molar-refractivity contribution in [3.63, 3.8) is 0 Å². The number of nitrogens with zero attached hydrogens (tertiary/aromatic N) is 1. The van der Waals surface area contributed by atoms with Gasteiger partial charge in [0.2, 0.25) is 0 Å². The van der Waals surface area contributed by atoms with Gasteiger partial charge >= 0.3 is 0 Å². The van der Waals surface area contributed by atoms with E-state index in [1.165, 1.54) is 19.3 Å². The molecule has 0 fully saturated rings. The van der Waals surface area contributed by atoms with Crippen LogP contribution in [0.5, 0.6) is 0 Å². The van der Waals surface area contributed by atoms with Crippen LogP contribution < -0.4 is 10.6 Å². The van der Waals surface area contributed by atoms with Crippen molar-refractivity contribution in [2.75, 3.05) is 25.4 Å². The van der Waals surface area contributed by atoms with Crippen LogP contribution >= 0.6 is 24.0 Å². The smallest absolute Gasteiger partial charge is 0.191 e. The van der Waals surface area contributed by atoms with E-state index < -0.39 is 10.8 Å². The first kappa shape index (κ1) is 23.4. The zero-order chi connectivity index (χ0) is 15.4. The Bertz CT molecular complexity index is 304. The molecule has 0 spiro atoms. The average molecular weight is 431 g/mol. The maximum absolute atomic E-state index is 11.9. The molecule has 2 N–H and O–H groups in total. The van der Waals surface area contributed by atoms with Crippen LogP contribution in [0.3, 0.4) is 0 Å². The highest BCUT2D eigenvalue weighted by molar-refractivity contribution is 14.0. The molecule has 0 heterocycles. The molecule has 21 heavy (non-hydrogen) atoms. The molecule has 4 nitrogen and oxygen atoms in total. The van der Waals surface area contributed by atoms with Gasteiger partial charge in [-0.1, -0.05) is 26.2 Å². The van der Waals surface area contributed by atoms with Gasteiger partial charge in [-0.3, -0.25) is 9.20 Å². The molecule has 1 unspecified atom stereocenters. The number of halogens is 1. The van der Waals surface area contributed by atoms with Gasteiger partial charge in [-0.2, -0.15) is 0 Å². The summed E-state index contributed by atoms with van der Waals surface area (Å²) in [4.78, 5) is 4.54. The average Bonchev–Trinajstić information content (AvgIpc) is 2.37. The highest BCUT2D eigenvalue weighted by atomic mass is 127. The molecule has 0 aliphatic carbocycles. The number of nitrogens with one attached hydrogen (secondary N) is 2. The largest absolute Gasteiger partial charge is 0.357 e. The van der Waals surface area contributed by atoms with Crippen molar-refractivity contribution in [3.05, 3.63) is 0 Å². The first-order chi connectivity index (χ1) is 9.41. The number of rotatable bonds is 9. The minimum atomic E-state index is -0.813. The summed E-state index contributed by atoms with van der Waals surface area (Å²) in [6.07, 6.45) is 4.91. The van der Waals surface area contributed by atoms with E-state index in [2.05, 4.69) is 29.5 Å². The monoisotopic (exact) mass is 431 g/mol. The van der Waals surface area contributed by atoms with Crippen molar-refractivity contribution in [1.29, 1.82) is 0 Å². The standard InChI is InChI=1S/C15H33N3OS.HI/c1-6-8-9-10-11-17-14(16-7-2)18-12-13-20(19)15(3,4)5;/h6-13H2,1-5H3,(H2,16,17,18);1H. The van der Waals surface area contributed by atoms with Crippen molar-refractivity contribution < 1.29 is 4.21 Å². The summed E-state index contributed by atoms with van der Waals surface area (Å²) in [7, 11) is -0.813. The lowest BCUT2D eigenvalue weighted by Gasteiger charge is -2.18. The van der Waals surface area contributed by atoms with E-state index in [1.54, 1.807) is 0 Å². The Morgan fingerprint density at radius 2 is 1.76 bits per heavy atom. The fourth-order valence-electron chi connectivity index (χ4n) is 1.64. The van der Waals surface area contributed by atoms with Gasteiger partial charge in [0.1, 0.15) is 0 Å². The summed E-state index contributed by atoms with van der Waals surface area (Å²) in [5.74, 6) is 1.50. The summed E-state index contributed by atoms with van der Waals surface area (Å²) < 4.78 is 11.8. The lowest BCUT2D eigenvalue weighted by atomic mass is 10.2. The molecule has 0 aromatic heterocycles. The van der Waals surface area contributed by atoms with Gasteiger partial charge in [-0.15, -0.1) is 24.0 Å². The van der Waals surface area contributed by atoms with Crippen LogP contribution in [0.2, 0.25) is 0 Å². The van der Waals surface area contributed by atoms with Crippen LogP contribution in [0.25, 0.3) is 0 Å². The minimum Gasteiger partial charge on any atom is -0.357 e. The van der Waals surface area contributed by atoms with E-state index in [-0.39, 0.29) is 28.7 Å². The van der Waals surface area contributed by atoms with Crippen LogP contribution in [0.15, 0.2) is 4.99 Å². The third-order valence-electron chi connectivity index (χ3n) is 2.89. The number of hydrogen-bond acceptors (Lipinski definition) is 2. The van der Waals surface area contributed by atoms with Crippen LogP contribution in [0, 0.1) is 0 Å².